The van der Waals surface area contributed by atoms with Gasteiger partial charge in [0.25, 0.3) is 0 Å². The highest BCUT2D eigenvalue weighted by atomic mass is 16.5. The summed E-state index contributed by atoms with van der Waals surface area (Å²) in [5.41, 5.74) is 2.10. The lowest BCUT2D eigenvalue weighted by Gasteiger charge is -2.23. The summed E-state index contributed by atoms with van der Waals surface area (Å²) in [5.74, 6) is 0.625. The van der Waals surface area contributed by atoms with Crippen LogP contribution in [0.4, 0.5) is 0 Å². The number of aromatic nitrogens is 3. The van der Waals surface area contributed by atoms with Crippen LogP contribution in [0, 0.1) is 0 Å². The van der Waals surface area contributed by atoms with E-state index >= 15 is 0 Å². The minimum atomic E-state index is -0.312. The Hall–Kier alpha value is -2.67. The minimum absolute atomic E-state index is 0.233. The van der Waals surface area contributed by atoms with Crippen molar-refractivity contribution in [3.05, 3.63) is 47.9 Å². The first kappa shape index (κ1) is 15.8. The molecule has 3 aromatic rings. The summed E-state index contributed by atoms with van der Waals surface area (Å²) in [6.45, 7) is 2.14. The third kappa shape index (κ3) is 3.28. The van der Waals surface area contributed by atoms with Gasteiger partial charge in [0.05, 0.1) is 23.9 Å². The van der Waals surface area contributed by atoms with E-state index in [4.69, 9.17) is 9.15 Å². The van der Waals surface area contributed by atoms with Crippen molar-refractivity contribution >= 4 is 17.0 Å². The number of esters is 1. The molecule has 1 atom stereocenters. The quantitative estimate of drug-likeness (QED) is 0.664. The van der Waals surface area contributed by atoms with E-state index in [0.29, 0.717) is 12.2 Å². The Labute approximate surface area is 145 Å². The lowest BCUT2D eigenvalue weighted by atomic mass is 10.2. The van der Waals surface area contributed by atoms with Gasteiger partial charge < -0.3 is 9.15 Å². The summed E-state index contributed by atoms with van der Waals surface area (Å²) in [6.07, 6.45) is 3.82. The van der Waals surface area contributed by atoms with E-state index in [9.17, 15) is 4.79 Å². The Morgan fingerprint density at radius 2 is 2.32 bits per heavy atom. The first-order valence-electron chi connectivity index (χ1n) is 8.44. The molecule has 7 nitrogen and oxygen atoms in total. The van der Waals surface area contributed by atoms with Crippen LogP contribution in [-0.4, -0.2) is 45.1 Å². The van der Waals surface area contributed by atoms with Crippen molar-refractivity contribution in [1.82, 2.24) is 19.9 Å². The summed E-state index contributed by atoms with van der Waals surface area (Å²) >= 11 is 0. The Bertz CT molecular complexity index is 872. The number of fused-ring (bicyclic) bond motifs is 1. The number of ether oxygens (including phenoxy) is 1. The molecule has 0 aliphatic carbocycles. The first-order valence-corrected chi connectivity index (χ1v) is 8.44. The fraction of sp³-hybridized carbons (Fsp3) is 0.389. The molecule has 25 heavy (non-hydrogen) atoms. The monoisotopic (exact) mass is 340 g/mol. The van der Waals surface area contributed by atoms with Gasteiger partial charge in [-0.15, -0.1) is 5.10 Å². The average molecular weight is 340 g/mol. The zero-order valence-electron chi connectivity index (χ0n) is 14.1. The number of furan rings is 1. The molecule has 0 amide bonds. The van der Waals surface area contributed by atoms with E-state index in [2.05, 4.69) is 15.2 Å². The summed E-state index contributed by atoms with van der Waals surface area (Å²) < 4.78 is 12.6. The fourth-order valence-corrected chi connectivity index (χ4v) is 3.31. The number of nitrogens with zero attached hydrogens (tertiary/aromatic N) is 4. The van der Waals surface area contributed by atoms with E-state index in [1.807, 2.05) is 12.1 Å². The second-order valence-electron chi connectivity index (χ2n) is 6.36. The number of likely N-dealkylation sites (tertiary alicyclic amines) is 1. The topological polar surface area (TPSA) is 73.4 Å². The van der Waals surface area contributed by atoms with Crippen LogP contribution in [0.25, 0.3) is 11.0 Å². The molecule has 1 aliphatic heterocycles. The summed E-state index contributed by atoms with van der Waals surface area (Å²) in [5, 5.41) is 7.97. The van der Waals surface area contributed by atoms with Crippen molar-refractivity contribution in [2.45, 2.75) is 25.4 Å². The maximum absolute atomic E-state index is 12.4. The van der Waals surface area contributed by atoms with Gasteiger partial charge in [-0.25, -0.2) is 9.48 Å². The summed E-state index contributed by atoms with van der Waals surface area (Å²) in [6, 6.07) is 9.39. The molecular formula is C18H20N4O3. The smallest absolute Gasteiger partial charge is 0.338 e. The molecule has 3 heterocycles. The van der Waals surface area contributed by atoms with Crippen LogP contribution in [0.15, 0.2) is 41.0 Å². The normalized spacial score (nSPS) is 18.0. The SMILES string of the molecule is Cn1nnc2ccc(C(=O)OC[C@@H]3CCCN3Cc3ccco3)cc21. The van der Waals surface area contributed by atoms with Crippen molar-refractivity contribution in [2.24, 2.45) is 7.05 Å². The van der Waals surface area contributed by atoms with E-state index in [1.165, 1.54) is 0 Å². The van der Waals surface area contributed by atoms with Gasteiger partial charge in [-0.05, 0) is 49.7 Å². The molecule has 130 valence electrons. The van der Waals surface area contributed by atoms with Crippen LogP contribution in [-0.2, 0) is 18.3 Å². The van der Waals surface area contributed by atoms with Gasteiger partial charge in [-0.2, -0.15) is 0 Å². The van der Waals surface area contributed by atoms with E-state index in [0.717, 1.165) is 42.7 Å². The number of hydrogen-bond acceptors (Lipinski definition) is 6. The Morgan fingerprint density at radius 1 is 1.40 bits per heavy atom. The van der Waals surface area contributed by atoms with Crippen LogP contribution in [0.1, 0.15) is 29.0 Å². The molecule has 2 aromatic heterocycles. The van der Waals surface area contributed by atoms with Gasteiger partial charge in [0.2, 0.25) is 0 Å². The average Bonchev–Trinajstić information content (AvgIpc) is 3.36. The predicted octanol–water partition coefficient (Wildman–Crippen LogP) is 2.38. The molecule has 1 aromatic carbocycles. The maximum Gasteiger partial charge on any atom is 0.338 e. The molecule has 1 saturated heterocycles. The number of aryl methyl sites for hydroxylation is 1. The van der Waals surface area contributed by atoms with Gasteiger partial charge >= 0.3 is 5.97 Å². The van der Waals surface area contributed by atoms with Crippen molar-refractivity contribution in [3.63, 3.8) is 0 Å². The van der Waals surface area contributed by atoms with Gasteiger partial charge in [-0.3, -0.25) is 4.90 Å². The van der Waals surface area contributed by atoms with Crippen molar-refractivity contribution in [3.8, 4) is 0 Å². The van der Waals surface area contributed by atoms with Crippen molar-refractivity contribution < 1.29 is 13.9 Å². The Balaban J connectivity index is 1.39. The number of hydrogen-bond donors (Lipinski definition) is 0. The third-order valence-electron chi connectivity index (χ3n) is 4.69. The largest absolute Gasteiger partial charge is 0.468 e. The van der Waals surface area contributed by atoms with Crippen LogP contribution in [0.3, 0.4) is 0 Å². The highest BCUT2D eigenvalue weighted by Gasteiger charge is 2.26. The van der Waals surface area contributed by atoms with Gasteiger partial charge in [0, 0.05) is 13.1 Å². The van der Waals surface area contributed by atoms with Crippen LogP contribution >= 0.6 is 0 Å². The van der Waals surface area contributed by atoms with E-state index in [1.54, 1.807) is 36.2 Å². The lowest BCUT2D eigenvalue weighted by Crippen LogP contribution is -2.33. The predicted molar refractivity (Wildman–Crippen MR) is 90.9 cm³/mol. The van der Waals surface area contributed by atoms with Gasteiger partial charge in [0.1, 0.15) is 17.9 Å². The molecule has 0 saturated carbocycles. The standard InChI is InChI=1S/C18H20N4O3/c1-21-17-10-13(6-7-16(17)19-20-21)18(23)25-12-14-4-2-8-22(14)11-15-5-3-9-24-15/h3,5-7,9-10,14H,2,4,8,11-12H2,1H3/t14-/m0/s1. The van der Waals surface area contributed by atoms with Gasteiger partial charge in [-0.1, -0.05) is 5.21 Å². The van der Waals surface area contributed by atoms with Crippen LogP contribution in [0.5, 0.6) is 0 Å². The summed E-state index contributed by atoms with van der Waals surface area (Å²) in [4.78, 5) is 14.7. The first-order chi connectivity index (χ1) is 12.2. The molecule has 1 fully saturated rings. The van der Waals surface area contributed by atoms with Crippen molar-refractivity contribution in [1.29, 1.82) is 0 Å². The van der Waals surface area contributed by atoms with Crippen molar-refractivity contribution in [2.75, 3.05) is 13.2 Å². The molecule has 0 N–H and O–H groups in total. The zero-order chi connectivity index (χ0) is 17.2. The Kier molecular flexibility index (Phi) is 4.23. The summed E-state index contributed by atoms with van der Waals surface area (Å²) in [7, 11) is 1.80. The highest BCUT2D eigenvalue weighted by molar-refractivity contribution is 5.93. The molecule has 1 aliphatic rings. The molecule has 0 spiro atoms. The molecule has 4 rings (SSSR count). The molecule has 0 radical (unpaired) electrons. The molecular weight excluding hydrogens is 320 g/mol. The number of rotatable bonds is 5. The number of carbonyl (C=O) groups is 1. The second kappa shape index (κ2) is 6.68. The fourth-order valence-electron chi connectivity index (χ4n) is 3.31. The third-order valence-corrected chi connectivity index (χ3v) is 4.69. The maximum atomic E-state index is 12.4. The van der Waals surface area contributed by atoms with E-state index in [-0.39, 0.29) is 12.0 Å². The van der Waals surface area contributed by atoms with Crippen LogP contribution < -0.4 is 0 Å². The second-order valence-corrected chi connectivity index (χ2v) is 6.36. The highest BCUT2D eigenvalue weighted by Crippen LogP contribution is 2.21. The Morgan fingerprint density at radius 3 is 3.16 bits per heavy atom. The van der Waals surface area contributed by atoms with E-state index < -0.39 is 0 Å². The number of benzene rings is 1. The minimum Gasteiger partial charge on any atom is -0.468 e. The zero-order valence-corrected chi connectivity index (χ0v) is 14.1. The van der Waals surface area contributed by atoms with Crippen LogP contribution in [0.2, 0.25) is 0 Å². The molecule has 0 bridgehead atoms. The molecule has 0 unspecified atom stereocenters. The molecule has 7 heteroatoms. The lowest BCUT2D eigenvalue weighted by molar-refractivity contribution is 0.0386. The van der Waals surface area contributed by atoms with Gasteiger partial charge in [0.15, 0.2) is 0 Å². The number of carbonyl (C=O) groups excluding carboxylic acids is 1.